The second-order valence-corrected chi connectivity index (χ2v) is 10.7. The molecule has 0 unspecified atom stereocenters. The first kappa shape index (κ1) is 22.6. The molecular formula is C27H36N2O4. The van der Waals surface area contributed by atoms with Gasteiger partial charge in [-0.25, -0.2) is 0 Å². The van der Waals surface area contributed by atoms with Crippen molar-refractivity contribution in [1.29, 1.82) is 0 Å². The van der Waals surface area contributed by atoms with Crippen LogP contribution in [-0.2, 0) is 9.53 Å². The minimum absolute atomic E-state index is 0.0807. The highest BCUT2D eigenvalue weighted by Gasteiger charge is 2.59. The zero-order valence-corrected chi connectivity index (χ0v) is 20.0. The minimum Gasteiger partial charge on any atom is -0.461 e. The Bertz CT molecular complexity index is 949. The molecule has 0 amide bonds. The molecule has 0 radical (unpaired) electrons. The van der Waals surface area contributed by atoms with E-state index in [2.05, 4.69) is 29.7 Å². The zero-order valence-electron chi connectivity index (χ0n) is 20.0. The van der Waals surface area contributed by atoms with Crippen molar-refractivity contribution in [1.82, 2.24) is 4.90 Å². The number of allylic oxidation sites excluding steroid dienone is 1. The van der Waals surface area contributed by atoms with Crippen LogP contribution in [0, 0.1) is 23.2 Å². The van der Waals surface area contributed by atoms with E-state index in [-0.39, 0.29) is 35.1 Å². The van der Waals surface area contributed by atoms with E-state index in [0.29, 0.717) is 12.5 Å². The van der Waals surface area contributed by atoms with Gasteiger partial charge in [-0.2, -0.15) is 0 Å². The first-order chi connectivity index (χ1) is 15.8. The third-order valence-electron chi connectivity index (χ3n) is 9.04. The van der Waals surface area contributed by atoms with Crippen LogP contribution in [0.4, 0.5) is 5.69 Å². The third-order valence-corrected chi connectivity index (χ3v) is 9.04. The normalized spacial score (nSPS) is 36.6. The number of fused-ring (bicyclic) bond motifs is 2. The second kappa shape index (κ2) is 8.55. The quantitative estimate of drug-likeness (QED) is 0.430. The van der Waals surface area contributed by atoms with Gasteiger partial charge in [-0.1, -0.05) is 25.5 Å². The van der Waals surface area contributed by atoms with Crippen molar-refractivity contribution < 1.29 is 19.4 Å². The SMILES string of the molecule is CC(=O)c1ccc(N2CCN(C[C@H]3C(=O)O[C@@H]4CC5=CCC[C@@H](C)[C@@]5(C)[C@H](O)[C@@H]43)CC2)cc1. The Morgan fingerprint density at radius 2 is 1.88 bits per heavy atom. The van der Waals surface area contributed by atoms with Gasteiger partial charge in [0.05, 0.1) is 12.0 Å². The van der Waals surface area contributed by atoms with Gasteiger partial charge in [0.1, 0.15) is 6.10 Å². The maximum Gasteiger partial charge on any atom is 0.311 e. The molecule has 1 saturated carbocycles. The van der Waals surface area contributed by atoms with E-state index in [1.807, 2.05) is 24.3 Å². The molecule has 0 aromatic heterocycles. The van der Waals surface area contributed by atoms with Crippen molar-refractivity contribution in [3.8, 4) is 0 Å². The van der Waals surface area contributed by atoms with Gasteiger partial charge in [-0.15, -0.1) is 0 Å². The van der Waals surface area contributed by atoms with Crippen LogP contribution in [-0.4, -0.2) is 66.7 Å². The number of anilines is 1. The van der Waals surface area contributed by atoms with Crippen LogP contribution in [0.15, 0.2) is 35.9 Å². The summed E-state index contributed by atoms with van der Waals surface area (Å²) in [5.41, 5.74) is 2.89. The van der Waals surface area contributed by atoms with Gasteiger partial charge in [-0.3, -0.25) is 14.5 Å². The lowest BCUT2D eigenvalue weighted by molar-refractivity contribution is -0.145. The molecule has 2 aliphatic carbocycles. The maximum atomic E-state index is 12.9. The summed E-state index contributed by atoms with van der Waals surface area (Å²) in [6, 6.07) is 7.80. The van der Waals surface area contributed by atoms with E-state index in [4.69, 9.17) is 4.74 Å². The fraction of sp³-hybridized carbons (Fsp3) is 0.630. The fourth-order valence-corrected chi connectivity index (χ4v) is 6.65. The molecule has 6 atom stereocenters. The van der Waals surface area contributed by atoms with Gasteiger partial charge in [-0.05, 0) is 49.9 Å². The van der Waals surface area contributed by atoms with E-state index in [0.717, 1.165) is 56.7 Å². The summed E-state index contributed by atoms with van der Waals surface area (Å²) in [6.07, 6.45) is 4.45. The monoisotopic (exact) mass is 452 g/mol. The molecule has 178 valence electrons. The van der Waals surface area contributed by atoms with Crippen LogP contribution in [0.2, 0.25) is 0 Å². The Morgan fingerprint density at radius 3 is 2.55 bits per heavy atom. The first-order valence-electron chi connectivity index (χ1n) is 12.5. The standard InChI is InChI=1S/C27H36N2O4/c1-17-5-4-6-20-15-23-24(25(31)27(17,20)3)22(26(32)33-23)16-28-11-13-29(14-12-28)21-9-7-19(8-10-21)18(2)30/h6-10,17,22-25,31H,4-5,11-16H2,1-3H3/t17-,22-,23-,24-,25-,27-/m1/s1. The number of ketones is 1. The number of benzene rings is 1. The predicted molar refractivity (Wildman–Crippen MR) is 127 cm³/mol. The molecule has 5 rings (SSSR count). The molecule has 0 spiro atoms. The minimum atomic E-state index is -0.546. The number of esters is 1. The number of carbonyl (C=O) groups is 2. The van der Waals surface area contributed by atoms with Crippen LogP contribution in [0.25, 0.3) is 0 Å². The van der Waals surface area contributed by atoms with E-state index in [9.17, 15) is 14.7 Å². The van der Waals surface area contributed by atoms with Crippen molar-refractivity contribution in [2.45, 2.75) is 52.2 Å². The summed E-state index contributed by atoms with van der Waals surface area (Å²) >= 11 is 0. The number of aliphatic hydroxyl groups excluding tert-OH is 1. The second-order valence-electron chi connectivity index (χ2n) is 10.7. The Hall–Kier alpha value is -2.18. The fourth-order valence-electron chi connectivity index (χ4n) is 6.65. The van der Waals surface area contributed by atoms with Gasteiger partial charge < -0.3 is 14.7 Å². The molecule has 6 nitrogen and oxygen atoms in total. The number of hydrogen-bond acceptors (Lipinski definition) is 6. The largest absolute Gasteiger partial charge is 0.461 e. The van der Waals surface area contributed by atoms with E-state index < -0.39 is 6.10 Å². The number of carbonyl (C=O) groups excluding carboxylic acids is 2. The average molecular weight is 453 g/mol. The number of rotatable bonds is 4. The first-order valence-corrected chi connectivity index (χ1v) is 12.5. The van der Waals surface area contributed by atoms with Crippen LogP contribution < -0.4 is 4.90 Å². The summed E-state index contributed by atoms with van der Waals surface area (Å²) < 4.78 is 5.84. The lowest BCUT2D eigenvalue weighted by Gasteiger charge is -2.52. The number of piperazine rings is 1. The molecule has 1 aromatic rings. The Balaban J connectivity index is 1.25. The Morgan fingerprint density at radius 1 is 1.18 bits per heavy atom. The number of ether oxygens (including phenoxy) is 1. The van der Waals surface area contributed by atoms with Crippen molar-refractivity contribution in [3.05, 3.63) is 41.5 Å². The lowest BCUT2D eigenvalue weighted by Crippen LogP contribution is -2.55. The molecule has 2 saturated heterocycles. The van der Waals surface area contributed by atoms with Crippen molar-refractivity contribution in [3.63, 3.8) is 0 Å². The summed E-state index contributed by atoms with van der Waals surface area (Å²) in [5, 5.41) is 11.6. The van der Waals surface area contributed by atoms with Crippen LogP contribution >= 0.6 is 0 Å². The van der Waals surface area contributed by atoms with Crippen LogP contribution in [0.1, 0.15) is 50.4 Å². The zero-order chi connectivity index (χ0) is 23.3. The summed E-state index contributed by atoms with van der Waals surface area (Å²) in [6.45, 7) is 10.2. The molecule has 33 heavy (non-hydrogen) atoms. The highest BCUT2D eigenvalue weighted by molar-refractivity contribution is 5.94. The molecule has 4 aliphatic rings. The van der Waals surface area contributed by atoms with Gasteiger partial charge in [0, 0.05) is 61.7 Å². The molecular weight excluding hydrogens is 416 g/mol. The van der Waals surface area contributed by atoms with Gasteiger partial charge >= 0.3 is 5.97 Å². The molecule has 1 aromatic carbocycles. The highest BCUT2D eigenvalue weighted by Crippen LogP contribution is 2.56. The number of Topliss-reactive ketones (excluding diaryl/α,β-unsaturated/α-hetero) is 1. The highest BCUT2D eigenvalue weighted by atomic mass is 16.6. The lowest BCUT2D eigenvalue weighted by atomic mass is 9.55. The topological polar surface area (TPSA) is 70.1 Å². The Kier molecular flexibility index (Phi) is 5.86. The smallest absolute Gasteiger partial charge is 0.311 e. The Labute approximate surface area is 196 Å². The number of hydrogen-bond donors (Lipinski definition) is 1. The van der Waals surface area contributed by atoms with Crippen LogP contribution in [0.5, 0.6) is 0 Å². The number of nitrogens with zero attached hydrogens (tertiary/aromatic N) is 2. The van der Waals surface area contributed by atoms with E-state index >= 15 is 0 Å². The molecule has 1 N–H and O–H groups in total. The summed E-state index contributed by atoms with van der Waals surface area (Å²) in [7, 11) is 0. The van der Waals surface area contributed by atoms with E-state index in [1.165, 1.54) is 5.57 Å². The molecule has 2 heterocycles. The van der Waals surface area contributed by atoms with Gasteiger partial charge in [0.2, 0.25) is 0 Å². The molecule has 3 fully saturated rings. The van der Waals surface area contributed by atoms with E-state index in [1.54, 1.807) is 6.92 Å². The molecule has 0 bridgehead atoms. The molecule has 6 heteroatoms. The predicted octanol–water partition coefficient (Wildman–Crippen LogP) is 3.30. The van der Waals surface area contributed by atoms with Crippen molar-refractivity contribution in [2.24, 2.45) is 23.2 Å². The average Bonchev–Trinajstić information content (AvgIpc) is 3.11. The summed E-state index contributed by atoms with van der Waals surface area (Å²) in [5.74, 6) is -0.0436. The maximum absolute atomic E-state index is 12.9. The summed E-state index contributed by atoms with van der Waals surface area (Å²) in [4.78, 5) is 29.1. The number of aliphatic hydroxyl groups is 1. The molecule has 2 aliphatic heterocycles. The third kappa shape index (κ3) is 3.81. The van der Waals surface area contributed by atoms with Crippen LogP contribution in [0.3, 0.4) is 0 Å². The van der Waals surface area contributed by atoms with Crippen molar-refractivity contribution in [2.75, 3.05) is 37.6 Å². The van der Waals surface area contributed by atoms with Gasteiger partial charge in [0.25, 0.3) is 0 Å². The van der Waals surface area contributed by atoms with Gasteiger partial charge in [0.15, 0.2) is 5.78 Å². The van der Waals surface area contributed by atoms with Crippen molar-refractivity contribution >= 4 is 17.4 Å².